The number of phosphoric ester groups is 1. The second-order valence-electron chi connectivity index (χ2n) is 3.59. The van der Waals surface area contributed by atoms with Crippen LogP contribution in [0.15, 0.2) is 0 Å². The molecule has 9 heteroatoms. The van der Waals surface area contributed by atoms with Crippen LogP contribution in [0.4, 0.5) is 4.39 Å². The number of rotatable bonds is 3. The Hall–Kier alpha value is -0.0800. The van der Waals surface area contributed by atoms with Gasteiger partial charge in [-0.25, -0.2) is 8.96 Å². The molecule has 0 radical (unpaired) electrons. The summed E-state index contributed by atoms with van der Waals surface area (Å²) in [4.78, 5) is 16.9. The number of hydrogen-bond acceptors (Lipinski definition) is 5. The highest BCUT2D eigenvalue weighted by Gasteiger charge is 2.43. The van der Waals surface area contributed by atoms with E-state index in [4.69, 9.17) is 14.5 Å². The van der Waals surface area contributed by atoms with Gasteiger partial charge in [0.1, 0.15) is 18.3 Å². The third-order valence-electron chi connectivity index (χ3n) is 2.30. The van der Waals surface area contributed by atoms with Crippen LogP contribution in [0, 0.1) is 0 Å². The number of aliphatic hydroxyl groups excluding tert-OH is 2. The van der Waals surface area contributed by atoms with Crippen LogP contribution in [0.2, 0.25) is 0 Å². The van der Waals surface area contributed by atoms with Crippen molar-refractivity contribution in [1.82, 2.24) is 0 Å². The van der Waals surface area contributed by atoms with Gasteiger partial charge in [-0.3, -0.25) is 4.52 Å². The van der Waals surface area contributed by atoms with Crippen LogP contribution in [0.1, 0.15) is 6.92 Å². The maximum absolute atomic E-state index is 13.1. The van der Waals surface area contributed by atoms with Crippen LogP contribution >= 0.6 is 7.82 Å². The van der Waals surface area contributed by atoms with E-state index in [-0.39, 0.29) is 0 Å². The van der Waals surface area contributed by atoms with Gasteiger partial charge in [0.2, 0.25) is 0 Å². The Labute approximate surface area is 91.0 Å². The van der Waals surface area contributed by atoms with Crippen molar-refractivity contribution in [3.8, 4) is 0 Å². The van der Waals surface area contributed by atoms with Gasteiger partial charge in [0.15, 0.2) is 6.17 Å². The Morgan fingerprint density at radius 1 is 1.38 bits per heavy atom. The fourth-order valence-corrected chi connectivity index (χ4v) is 1.77. The minimum absolute atomic E-state index is 0.625. The standard InChI is InChI=1S/C7H14FO7P/c1-3-5(8)7(10)6(9)4(15-3)2-14-16(11,12)13/h3-7,9-10H,2H2,1H3,(H2,11,12,13)/t3?,4?,5?,6-,7-/m1/s1. The molecule has 0 aliphatic carbocycles. The highest BCUT2D eigenvalue weighted by Crippen LogP contribution is 2.37. The normalized spacial score (nSPS) is 41.0. The first-order valence-electron chi connectivity index (χ1n) is 4.58. The Balaban J connectivity index is 2.57. The van der Waals surface area contributed by atoms with E-state index in [1.807, 2.05) is 0 Å². The van der Waals surface area contributed by atoms with Crippen molar-refractivity contribution in [3.05, 3.63) is 0 Å². The highest BCUT2D eigenvalue weighted by atomic mass is 31.2. The molecule has 1 heterocycles. The number of phosphoric acid groups is 1. The van der Waals surface area contributed by atoms with Gasteiger partial charge in [-0.05, 0) is 6.92 Å². The lowest BCUT2D eigenvalue weighted by molar-refractivity contribution is -0.206. The van der Waals surface area contributed by atoms with Crippen molar-refractivity contribution in [1.29, 1.82) is 0 Å². The van der Waals surface area contributed by atoms with Crippen molar-refractivity contribution in [3.63, 3.8) is 0 Å². The maximum atomic E-state index is 13.1. The van der Waals surface area contributed by atoms with Gasteiger partial charge in [-0.15, -0.1) is 0 Å². The molecule has 7 nitrogen and oxygen atoms in total. The number of alkyl halides is 1. The first-order chi connectivity index (χ1) is 7.22. The fourth-order valence-electron chi connectivity index (χ4n) is 1.43. The molecular formula is C7H14FO7P. The lowest BCUT2D eigenvalue weighted by Crippen LogP contribution is -2.56. The van der Waals surface area contributed by atoms with Crippen LogP contribution in [0.5, 0.6) is 0 Å². The van der Waals surface area contributed by atoms with Crippen LogP contribution in [-0.2, 0) is 13.8 Å². The molecule has 1 saturated heterocycles. The average Bonchev–Trinajstić information content (AvgIpc) is 2.17. The first-order valence-corrected chi connectivity index (χ1v) is 6.11. The van der Waals surface area contributed by atoms with Gasteiger partial charge in [0.05, 0.1) is 12.7 Å². The first kappa shape index (κ1) is 14.0. The third-order valence-corrected chi connectivity index (χ3v) is 2.79. The van der Waals surface area contributed by atoms with Crippen molar-refractivity contribution in [2.24, 2.45) is 0 Å². The van der Waals surface area contributed by atoms with Gasteiger partial charge in [-0.1, -0.05) is 0 Å². The predicted octanol–water partition coefficient (Wildman–Crippen LogP) is -1.06. The molecular weight excluding hydrogens is 246 g/mol. The van der Waals surface area contributed by atoms with Crippen LogP contribution in [-0.4, -0.2) is 57.2 Å². The Kier molecular flexibility index (Phi) is 4.42. The van der Waals surface area contributed by atoms with E-state index < -0.39 is 45.0 Å². The van der Waals surface area contributed by atoms with E-state index in [0.29, 0.717) is 0 Å². The van der Waals surface area contributed by atoms with E-state index in [1.165, 1.54) is 6.92 Å². The summed E-state index contributed by atoms with van der Waals surface area (Å²) >= 11 is 0. The zero-order valence-corrected chi connectivity index (χ0v) is 9.33. The van der Waals surface area contributed by atoms with E-state index >= 15 is 0 Å². The zero-order valence-electron chi connectivity index (χ0n) is 8.43. The fraction of sp³-hybridized carbons (Fsp3) is 1.00. The summed E-state index contributed by atoms with van der Waals surface area (Å²) < 4.78 is 32.6. The molecule has 96 valence electrons. The highest BCUT2D eigenvalue weighted by molar-refractivity contribution is 7.46. The molecule has 1 rings (SSSR count). The molecule has 1 aliphatic rings. The summed E-state index contributed by atoms with van der Waals surface area (Å²) in [7, 11) is -4.68. The molecule has 1 fully saturated rings. The monoisotopic (exact) mass is 260 g/mol. The largest absolute Gasteiger partial charge is 0.469 e. The molecule has 4 N–H and O–H groups in total. The molecule has 0 aromatic carbocycles. The molecule has 0 aromatic heterocycles. The van der Waals surface area contributed by atoms with E-state index in [2.05, 4.69) is 4.52 Å². The molecule has 0 bridgehead atoms. The van der Waals surface area contributed by atoms with E-state index in [9.17, 15) is 19.2 Å². The SMILES string of the molecule is CC1OC(COP(=O)(O)O)[C@@H](O)[C@H](O)C1F. The topological polar surface area (TPSA) is 116 Å². The minimum atomic E-state index is -4.68. The zero-order chi connectivity index (χ0) is 12.5. The third kappa shape index (κ3) is 3.46. The summed E-state index contributed by atoms with van der Waals surface area (Å²) in [5.41, 5.74) is 0. The van der Waals surface area contributed by atoms with Crippen LogP contribution < -0.4 is 0 Å². The second-order valence-corrected chi connectivity index (χ2v) is 4.83. The number of hydrogen-bond donors (Lipinski definition) is 4. The average molecular weight is 260 g/mol. The number of halogens is 1. The lowest BCUT2D eigenvalue weighted by Gasteiger charge is -2.37. The Morgan fingerprint density at radius 3 is 2.44 bits per heavy atom. The summed E-state index contributed by atoms with van der Waals surface area (Å²) in [5, 5.41) is 18.6. The van der Waals surface area contributed by atoms with Crippen molar-refractivity contribution in [2.75, 3.05) is 6.61 Å². The van der Waals surface area contributed by atoms with Crippen LogP contribution in [0.3, 0.4) is 0 Å². The van der Waals surface area contributed by atoms with Gasteiger partial charge < -0.3 is 24.7 Å². The van der Waals surface area contributed by atoms with Gasteiger partial charge in [0.25, 0.3) is 0 Å². The number of ether oxygens (including phenoxy) is 1. The number of aliphatic hydroxyl groups is 2. The molecule has 16 heavy (non-hydrogen) atoms. The van der Waals surface area contributed by atoms with E-state index in [0.717, 1.165) is 0 Å². The summed E-state index contributed by atoms with van der Waals surface area (Å²) in [5.74, 6) is 0. The van der Waals surface area contributed by atoms with E-state index in [1.54, 1.807) is 0 Å². The summed E-state index contributed by atoms with van der Waals surface area (Å²) in [6.07, 6.45) is -7.15. The van der Waals surface area contributed by atoms with Gasteiger partial charge in [-0.2, -0.15) is 0 Å². The quantitative estimate of drug-likeness (QED) is 0.478. The smallest absolute Gasteiger partial charge is 0.387 e. The second kappa shape index (κ2) is 5.05. The maximum Gasteiger partial charge on any atom is 0.469 e. The summed E-state index contributed by atoms with van der Waals surface area (Å²) in [6, 6.07) is 0. The molecule has 0 aromatic rings. The van der Waals surface area contributed by atoms with Gasteiger partial charge in [0, 0.05) is 0 Å². The van der Waals surface area contributed by atoms with Crippen molar-refractivity contribution in [2.45, 2.75) is 37.5 Å². The Morgan fingerprint density at radius 2 is 1.94 bits per heavy atom. The predicted molar refractivity (Wildman–Crippen MR) is 49.2 cm³/mol. The van der Waals surface area contributed by atoms with Gasteiger partial charge >= 0.3 is 7.82 Å². The molecule has 1 aliphatic heterocycles. The van der Waals surface area contributed by atoms with Crippen LogP contribution in [0.25, 0.3) is 0 Å². The molecule has 0 saturated carbocycles. The molecule has 5 atom stereocenters. The molecule has 0 spiro atoms. The lowest BCUT2D eigenvalue weighted by atomic mass is 9.97. The Bertz CT molecular complexity index is 282. The minimum Gasteiger partial charge on any atom is -0.387 e. The van der Waals surface area contributed by atoms with Crippen molar-refractivity contribution >= 4 is 7.82 Å². The molecule has 3 unspecified atom stereocenters. The summed E-state index contributed by atoms with van der Waals surface area (Å²) in [6.45, 7) is 0.712. The van der Waals surface area contributed by atoms with Crippen molar-refractivity contribution < 1.29 is 38.2 Å². The molecule has 0 amide bonds.